The lowest BCUT2D eigenvalue weighted by Gasteiger charge is -2.58. The van der Waals surface area contributed by atoms with E-state index in [2.05, 4.69) is 6.92 Å². The first-order chi connectivity index (χ1) is 13.9. The van der Waals surface area contributed by atoms with Crippen molar-refractivity contribution in [1.82, 2.24) is 0 Å². The predicted octanol–water partition coefficient (Wildman–Crippen LogP) is 5.05. The summed E-state index contributed by atoms with van der Waals surface area (Å²) in [6, 6.07) is 7.90. The normalized spacial score (nSPS) is 43.4. The molecule has 2 bridgehead atoms. The highest BCUT2D eigenvalue weighted by molar-refractivity contribution is 6.31. The molecule has 1 saturated carbocycles. The van der Waals surface area contributed by atoms with Gasteiger partial charge >= 0.3 is 5.97 Å². The highest BCUT2D eigenvalue weighted by Gasteiger charge is 2.70. The predicted molar refractivity (Wildman–Crippen MR) is 107 cm³/mol. The molecule has 5 fully saturated rings. The molecular weight excluding hydrogens is 392 g/mol. The van der Waals surface area contributed by atoms with E-state index in [-0.39, 0.29) is 23.7 Å². The largest absolute Gasteiger partial charge is 0.432 e. The number of fused-ring (bicyclic) bond motifs is 2. The Hall–Kier alpha value is -1.14. The first-order valence-corrected chi connectivity index (χ1v) is 11.3. The number of halogens is 1. The van der Waals surface area contributed by atoms with Gasteiger partial charge in [0.1, 0.15) is 0 Å². The third-order valence-electron chi connectivity index (χ3n) is 7.71. The van der Waals surface area contributed by atoms with Crippen LogP contribution >= 0.6 is 11.6 Å². The summed E-state index contributed by atoms with van der Waals surface area (Å²) in [5.41, 5.74) is 0.437. The molecule has 5 aliphatic rings. The van der Waals surface area contributed by atoms with Crippen molar-refractivity contribution < 1.29 is 24.0 Å². The maximum atomic E-state index is 13.0. The molecule has 1 aromatic rings. The Bertz CT molecular complexity index is 799. The second kappa shape index (κ2) is 7.23. The molecule has 4 aliphatic heterocycles. The average Bonchev–Trinajstić information content (AvgIpc) is 2.92. The van der Waals surface area contributed by atoms with Gasteiger partial charge in [0, 0.05) is 23.3 Å². The van der Waals surface area contributed by atoms with Gasteiger partial charge in [0.15, 0.2) is 5.60 Å². The zero-order valence-corrected chi connectivity index (χ0v) is 17.8. The van der Waals surface area contributed by atoms with Crippen LogP contribution in [0.4, 0.5) is 0 Å². The second-order valence-corrected chi connectivity index (χ2v) is 9.84. The number of carbonyl (C=O) groups is 1. The van der Waals surface area contributed by atoms with Crippen LogP contribution in [0.25, 0.3) is 0 Å². The van der Waals surface area contributed by atoms with Crippen LogP contribution in [-0.2, 0) is 30.5 Å². The summed E-state index contributed by atoms with van der Waals surface area (Å²) in [5.74, 6) is -0.369. The van der Waals surface area contributed by atoms with Crippen LogP contribution in [0.15, 0.2) is 24.3 Å². The summed E-state index contributed by atoms with van der Waals surface area (Å²) in [5, 5.41) is 0.782. The number of benzene rings is 1. The van der Waals surface area contributed by atoms with Gasteiger partial charge in [-0.15, -0.1) is 0 Å². The van der Waals surface area contributed by atoms with Gasteiger partial charge in [-0.25, -0.2) is 9.78 Å². The number of ether oxygens (including phenoxy) is 2. The third-order valence-corrected chi connectivity index (χ3v) is 8.07. The maximum Gasteiger partial charge on any atom is 0.311 e. The van der Waals surface area contributed by atoms with Gasteiger partial charge in [0.05, 0.1) is 5.92 Å². The maximum absolute atomic E-state index is 13.0. The number of hydrogen-bond acceptors (Lipinski definition) is 5. The Kier molecular flexibility index (Phi) is 4.93. The van der Waals surface area contributed by atoms with Crippen molar-refractivity contribution in [3.8, 4) is 0 Å². The monoisotopic (exact) mass is 420 g/mol. The van der Waals surface area contributed by atoms with Crippen LogP contribution in [-0.4, -0.2) is 23.6 Å². The molecule has 6 heteroatoms. The second-order valence-electron chi connectivity index (χ2n) is 9.44. The van der Waals surface area contributed by atoms with Crippen LogP contribution in [0.2, 0.25) is 5.02 Å². The fourth-order valence-electron chi connectivity index (χ4n) is 6.15. The van der Waals surface area contributed by atoms with E-state index in [1.165, 1.54) is 0 Å². The van der Waals surface area contributed by atoms with Gasteiger partial charge in [-0.3, -0.25) is 4.79 Å². The van der Waals surface area contributed by atoms with Crippen LogP contribution in [0, 0.1) is 23.7 Å². The molecule has 4 heterocycles. The topological polar surface area (TPSA) is 54.0 Å². The zero-order chi connectivity index (χ0) is 20.2. The number of hydrogen-bond donors (Lipinski definition) is 0. The van der Waals surface area contributed by atoms with Gasteiger partial charge in [0.25, 0.3) is 0 Å². The first kappa shape index (κ1) is 19.8. The molecule has 1 spiro atoms. The number of aryl methyl sites for hydroxylation is 1. The third kappa shape index (κ3) is 3.13. The molecule has 7 unspecified atom stereocenters. The van der Waals surface area contributed by atoms with Crippen LogP contribution < -0.4 is 0 Å². The standard InChI is InChI=1S/C23H29ClO5/c1-14-10-11-18-16(8-5-7-15-6-3-4-9-19(15)24)20(25)26-21-23(18)17(14)12-13-22(2,27-21)28-29-23/h3-4,6,9,14,16-18,21H,5,7-8,10-13H2,1-2H3. The van der Waals surface area contributed by atoms with Crippen molar-refractivity contribution in [2.45, 2.75) is 76.5 Å². The van der Waals surface area contributed by atoms with E-state index in [0.717, 1.165) is 55.5 Å². The van der Waals surface area contributed by atoms with Crippen molar-refractivity contribution in [2.75, 3.05) is 0 Å². The Morgan fingerprint density at radius 3 is 2.79 bits per heavy atom. The van der Waals surface area contributed by atoms with Gasteiger partial charge < -0.3 is 9.47 Å². The Labute approximate surface area is 176 Å². The summed E-state index contributed by atoms with van der Waals surface area (Å²) in [6.07, 6.45) is 5.55. The summed E-state index contributed by atoms with van der Waals surface area (Å²) in [6.45, 7) is 4.15. The van der Waals surface area contributed by atoms with E-state index in [4.69, 9.17) is 30.8 Å². The van der Waals surface area contributed by atoms with E-state index >= 15 is 0 Å². The number of carbonyl (C=O) groups excluding carboxylic acids is 1. The van der Waals surface area contributed by atoms with Crippen LogP contribution in [0.3, 0.4) is 0 Å². The van der Waals surface area contributed by atoms with Crippen molar-refractivity contribution in [3.63, 3.8) is 0 Å². The molecule has 1 aromatic carbocycles. The van der Waals surface area contributed by atoms with Gasteiger partial charge in [-0.2, -0.15) is 0 Å². The Morgan fingerprint density at radius 2 is 1.97 bits per heavy atom. The highest BCUT2D eigenvalue weighted by Crippen LogP contribution is 2.60. The molecule has 1 aliphatic carbocycles. The SMILES string of the molecule is CC1CCC2C(CCCc3ccccc3Cl)C(=O)OC3OC4(C)CCC1C32OO4. The summed E-state index contributed by atoms with van der Waals surface area (Å²) in [4.78, 5) is 25.0. The van der Waals surface area contributed by atoms with E-state index in [9.17, 15) is 4.79 Å². The lowest BCUT2D eigenvalue weighted by atomic mass is 9.57. The van der Waals surface area contributed by atoms with Crippen molar-refractivity contribution in [3.05, 3.63) is 34.9 Å². The van der Waals surface area contributed by atoms with Gasteiger partial charge in [0.2, 0.25) is 12.1 Å². The smallest absolute Gasteiger partial charge is 0.311 e. The fourth-order valence-corrected chi connectivity index (χ4v) is 6.38. The summed E-state index contributed by atoms with van der Waals surface area (Å²) >= 11 is 6.30. The minimum Gasteiger partial charge on any atom is -0.432 e. The Morgan fingerprint density at radius 1 is 1.14 bits per heavy atom. The van der Waals surface area contributed by atoms with Gasteiger partial charge in [-0.1, -0.05) is 36.7 Å². The Balaban J connectivity index is 1.39. The minimum absolute atomic E-state index is 0.0591. The van der Waals surface area contributed by atoms with Gasteiger partial charge in [-0.05, 0) is 63.0 Å². The molecular formula is C23H29ClO5. The molecule has 29 heavy (non-hydrogen) atoms. The lowest BCUT2D eigenvalue weighted by molar-refractivity contribution is -0.559. The molecule has 7 atom stereocenters. The summed E-state index contributed by atoms with van der Waals surface area (Å²) < 4.78 is 12.1. The van der Waals surface area contributed by atoms with Crippen LogP contribution in [0.1, 0.15) is 57.9 Å². The molecule has 6 rings (SSSR count). The zero-order valence-electron chi connectivity index (χ0n) is 17.1. The molecule has 0 radical (unpaired) electrons. The number of rotatable bonds is 4. The van der Waals surface area contributed by atoms with Crippen molar-refractivity contribution in [2.24, 2.45) is 23.7 Å². The molecule has 158 valence electrons. The fraction of sp³-hybridized carbons (Fsp3) is 0.696. The quantitative estimate of drug-likeness (QED) is 0.503. The number of esters is 1. The van der Waals surface area contributed by atoms with Crippen LogP contribution in [0.5, 0.6) is 0 Å². The summed E-state index contributed by atoms with van der Waals surface area (Å²) in [7, 11) is 0. The lowest BCUT2D eigenvalue weighted by Crippen LogP contribution is -2.70. The minimum atomic E-state index is -0.839. The molecule has 5 nitrogen and oxygen atoms in total. The van der Waals surface area contributed by atoms with E-state index in [1.807, 2.05) is 31.2 Å². The van der Waals surface area contributed by atoms with E-state index in [0.29, 0.717) is 5.92 Å². The molecule has 0 N–H and O–H groups in total. The molecule has 0 amide bonds. The molecule has 4 saturated heterocycles. The van der Waals surface area contributed by atoms with E-state index in [1.54, 1.807) is 0 Å². The van der Waals surface area contributed by atoms with E-state index < -0.39 is 17.7 Å². The van der Waals surface area contributed by atoms with Crippen molar-refractivity contribution >= 4 is 17.6 Å². The molecule has 0 aromatic heterocycles. The van der Waals surface area contributed by atoms with Crippen molar-refractivity contribution in [1.29, 1.82) is 0 Å². The highest BCUT2D eigenvalue weighted by atomic mass is 35.5. The first-order valence-electron chi connectivity index (χ1n) is 10.9. The average molecular weight is 421 g/mol.